The van der Waals surface area contributed by atoms with Crippen molar-refractivity contribution in [3.8, 4) is 5.82 Å². The number of rotatable bonds is 6. The van der Waals surface area contributed by atoms with Crippen molar-refractivity contribution >= 4 is 34.5 Å². The highest BCUT2D eigenvalue weighted by molar-refractivity contribution is 7.98. The quantitative estimate of drug-likeness (QED) is 0.428. The summed E-state index contributed by atoms with van der Waals surface area (Å²) in [4.78, 5) is 25.1. The van der Waals surface area contributed by atoms with Crippen LogP contribution in [-0.4, -0.2) is 31.3 Å². The van der Waals surface area contributed by atoms with Crippen LogP contribution < -0.4 is 5.32 Å². The Balaban J connectivity index is 1.62. The molecule has 0 fully saturated rings. The van der Waals surface area contributed by atoms with Crippen molar-refractivity contribution in [2.75, 3.05) is 5.32 Å². The largest absolute Gasteiger partial charge is 0.322 e. The molecule has 158 valence electrons. The number of pyridine rings is 2. The summed E-state index contributed by atoms with van der Waals surface area (Å²) >= 11 is 1.45. The number of benzene rings is 1. The van der Waals surface area contributed by atoms with Gasteiger partial charge in [0.1, 0.15) is 11.6 Å². The van der Waals surface area contributed by atoms with E-state index in [1.165, 1.54) is 17.8 Å². The highest BCUT2D eigenvalue weighted by Gasteiger charge is 2.32. The van der Waals surface area contributed by atoms with Crippen molar-refractivity contribution in [2.24, 2.45) is 0 Å². The molecule has 4 rings (SSSR count). The third kappa shape index (κ3) is 4.56. The van der Waals surface area contributed by atoms with Gasteiger partial charge in [0.05, 0.1) is 16.7 Å². The number of hydrogen-bond acceptors (Lipinski definition) is 5. The summed E-state index contributed by atoms with van der Waals surface area (Å²) < 4.78 is 28.3. The Kier molecular flexibility index (Phi) is 5.69. The number of nitrogens with one attached hydrogen (secondary N) is 1. The molecule has 0 atom stereocenters. The Hall–Kier alpha value is -3.33. The Morgan fingerprint density at radius 2 is 1.90 bits per heavy atom. The molecular weight excluding hydrogens is 420 g/mol. The zero-order valence-corrected chi connectivity index (χ0v) is 17.7. The zero-order valence-electron chi connectivity index (χ0n) is 16.8. The van der Waals surface area contributed by atoms with Gasteiger partial charge in [-0.2, -0.15) is 8.78 Å². The number of amides is 1. The summed E-state index contributed by atoms with van der Waals surface area (Å²) in [6.45, 7) is 2.54. The van der Waals surface area contributed by atoms with Gasteiger partial charge in [0, 0.05) is 18.9 Å². The molecule has 0 aliphatic rings. The van der Waals surface area contributed by atoms with Crippen molar-refractivity contribution in [1.29, 1.82) is 0 Å². The van der Waals surface area contributed by atoms with Crippen LogP contribution in [0.25, 0.3) is 16.9 Å². The number of alkyl halides is 2. The molecule has 1 N–H and O–H groups in total. The van der Waals surface area contributed by atoms with Gasteiger partial charge in [-0.25, -0.2) is 15.0 Å². The molecule has 3 heterocycles. The van der Waals surface area contributed by atoms with E-state index in [2.05, 4.69) is 15.3 Å². The molecule has 0 radical (unpaired) electrons. The van der Waals surface area contributed by atoms with Gasteiger partial charge in [-0.15, -0.1) is 0 Å². The first-order valence-electron chi connectivity index (χ1n) is 9.50. The lowest BCUT2D eigenvalue weighted by atomic mass is 10.2. The number of para-hydroxylation sites is 2. The second kappa shape index (κ2) is 8.43. The number of nitrogens with zero attached hydrogens (tertiary/aromatic N) is 4. The average Bonchev–Trinajstić information content (AvgIpc) is 3.10. The van der Waals surface area contributed by atoms with Gasteiger partial charge in [-0.1, -0.05) is 36.0 Å². The maximum Gasteiger partial charge on any atom is 0.322 e. The number of anilines is 1. The van der Waals surface area contributed by atoms with Crippen molar-refractivity contribution in [1.82, 2.24) is 19.5 Å². The predicted molar refractivity (Wildman–Crippen MR) is 117 cm³/mol. The topological polar surface area (TPSA) is 72.7 Å². The molecule has 0 spiro atoms. The molecule has 31 heavy (non-hydrogen) atoms. The normalized spacial score (nSPS) is 11.6. The molecule has 1 amide bonds. The van der Waals surface area contributed by atoms with Gasteiger partial charge in [0.15, 0.2) is 5.16 Å². The lowest BCUT2D eigenvalue weighted by Gasteiger charge is -2.12. The third-order valence-electron chi connectivity index (χ3n) is 4.52. The van der Waals surface area contributed by atoms with E-state index in [9.17, 15) is 13.6 Å². The van der Waals surface area contributed by atoms with Crippen LogP contribution in [0.5, 0.6) is 0 Å². The molecule has 0 aliphatic carbocycles. The number of imidazole rings is 1. The number of hydrogen-bond donors (Lipinski definition) is 1. The van der Waals surface area contributed by atoms with Crippen LogP contribution in [0.1, 0.15) is 18.2 Å². The lowest BCUT2D eigenvalue weighted by Crippen LogP contribution is -2.31. The summed E-state index contributed by atoms with van der Waals surface area (Å²) in [6, 6.07) is 16.6. The van der Waals surface area contributed by atoms with Gasteiger partial charge in [0.25, 0.3) is 5.91 Å². The van der Waals surface area contributed by atoms with E-state index in [1.54, 1.807) is 18.3 Å². The number of halogens is 2. The maximum atomic E-state index is 13.2. The van der Waals surface area contributed by atoms with E-state index < -0.39 is 11.8 Å². The minimum Gasteiger partial charge on any atom is -0.305 e. The van der Waals surface area contributed by atoms with Gasteiger partial charge >= 0.3 is 5.92 Å². The first-order valence-corrected chi connectivity index (χ1v) is 10.5. The van der Waals surface area contributed by atoms with Crippen LogP contribution in [0.4, 0.5) is 14.6 Å². The van der Waals surface area contributed by atoms with Crippen molar-refractivity contribution < 1.29 is 13.6 Å². The van der Waals surface area contributed by atoms with Gasteiger partial charge in [-0.05, 0) is 42.8 Å². The summed E-state index contributed by atoms with van der Waals surface area (Å²) in [5, 5.41) is 2.88. The molecular formula is C22H19F2N5OS. The monoisotopic (exact) mass is 439 g/mol. The molecule has 0 saturated carbocycles. The first kappa shape index (κ1) is 20.9. The van der Waals surface area contributed by atoms with E-state index in [-0.39, 0.29) is 5.82 Å². The van der Waals surface area contributed by atoms with E-state index in [0.29, 0.717) is 18.4 Å². The number of carbonyl (C=O) groups is 1. The number of thioether (sulfide) groups is 1. The molecule has 1 aromatic carbocycles. The highest BCUT2D eigenvalue weighted by Crippen LogP contribution is 2.30. The van der Waals surface area contributed by atoms with E-state index in [1.807, 2.05) is 47.9 Å². The Morgan fingerprint density at radius 1 is 1.10 bits per heavy atom. The summed E-state index contributed by atoms with van der Waals surface area (Å²) in [6.07, 6.45) is 1.74. The van der Waals surface area contributed by atoms with Gasteiger partial charge in [-0.3, -0.25) is 9.36 Å². The Bertz CT molecular complexity index is 1250. The van der Waals surface area contributed by atoms with Gasteiger partial charge in [0.2, 0.25) is 0 Å². The Labute approximate surface area is 181 Å². The SMILES string of the molecule is Cc1cccnc1-n1c(SCc2cccc(NC(=O)C(C)(F)F)n2)nc2ccccc21. The average molecular weight is 439 g/mol. The molecule has 6 nitrogen and oxygen atoms in total. The van der Waals surface area contributed by atoms with Crippen LogP contribution in [0.3, 0.4) is 0 Å². The minimum absolute atomic E-state index is 0.0821. The standard InChI is InChI=1S/C22H19F2N5OS/c1-14-7-6-12-25-19(14)29-17-10-4-3-9-16(17)27-21(29)31-13-15-8-5-11-18(26-15)28-20(30)22(2,23)24/h3-12H,13H2,1-2H3,(H,26,28,30). The molecule has 3 aromatic heterocycles. The summed E-state index contributed by atoms with van der Waals surface area (Å²) in [5.74, 6) is -3.56. The van der Waals surface area contributed by atoms with Crippen molar-refractivity contribution in [3.05, 3.63) is 72.1 Å². The van der Waals surface area contributed by atoms with Crippen LogP contribution >= 0.6 is 11.8 Å². The van der Waals surface area contributed by atoms with Crippen LogP contribution in [0, 0.1) is 6.92 Å². The molecule has 0 saturated heterocycles. The molecule has 0 bridgehead atoms. The summed E-state index contributed by atoms with van der Waals surface area (Å²) in [7, 11) is 0. The Morgan fingerprint density at radius 3 is 2.68 bits per heavy atom. The van der Waals surface area contributed by atoms with Crippen LogP contribution in [-0.2, 0) is 10.5 Å². The highest BCUT2D eigenvalue weighted by atomic mass is 32.2. The van der Waals surface area contributed by atoms with Crippen molar-refractivity contribution in [2.45, 2.75) is 30.7 Å². The fraction of sp³-hybridized carbons (Fsp3) is 0.182. The molecule has 0 unspecified atom stereocenters. The molecule has 4 aromatic rings. The first-order chi connectivity index (χ1) is 14.8. The van der Waals surface area contributed by atoms with Gasteiger partial charge < -0.3 is 5.32 Å². The smallest absolute Gasteiger partial charge is 0.305 e. The second-order valence-electron chi connectivity index (χ2n) is 7.01. The molecule has 0 aliphatic heterocycles. The van der Waals surface area contributed by atoms with Crippen LogP contribution in [0.15, 0.2) is 66.0 Å². The lowest BCUT2D eigenvalue weighted by molar-refractivity contribution is -0.137. The van der Waals surface area contributed by atoms with Crippen LogP contribution in [0.2, 0.25) is 0 Å². The maximum absolute atomic E-state index is 13.2. The summed E-state index contributed by atoms with van der Waals surface area (Å²) in [5.41, 5.74) is 3.41. The second-order valence-corrected chi connectivity index (χ2v) is 7.95. The fourth-order valence-corrected chi connectivity index (χ4v) is 3.93. The van der Waals surface area contributed by atoms with E-state index in [0.717, 1.165) is 27.6 Å². The minimum atomic E-state index is -3.47. The number of fused-ring (bicyclic) bond motifs is 1. The number of carbonyl (C=O) groups excluding carboxylic acids is 1. The fourth-order valence-electron chi connectivity index (χ4n) is 3.01. The van der Waals surface area contributed by atoms with Crippen molar-refractivity contribution in [3.63, 3.8) is 0 Å². The zero-order chi connectivity index (χ0) is 22.0. The number of aryl methyl sites for hydroxylation is 1. The third-order valence-corrected chi connectivity index (χ3v) is 5.49. The molecule has 9 heteroatoms. The van der Waals surface area contributed by atoms with E-state index in [4.69, 9.17) is 4.98 Å². The number of aromatic nitrogens is 4. The van der Waals surface area contributed by atoms with E-state index >= 15 is 0 Å². The predicted octanol–water partition coefficient (Wildman–Crippen LogP) is 5.01.